The van der Waals surface area contributed by atoms with Gasteiger partial charge in [-0.3, -0.25) is 4.79 Å². The molecule has 1 fully saturated rings. The van der Waals surface area contributed by atoms with Crippen LogP contribution in [0.5, 0.6) is 0 Å². The highest BCUT2D eigenvalue weighted by Gasteiger charge is 2.24. The van der Waals surface area contributed by atoms with Crippen LogP contribution in [0.3, 0.4) is 0 Å². The maximum atomic E-state index is 10.8. The average molecular weight is 208 g/mol. The van der Waals surface area contributed by atoms with Crippen molar-refractivity contribution in [3.63, 3.8) is 0 Å². The van der Waals surface area contributed by atoms with Crippen molar-refractivity contribution in [3.8, 4) is 0 Å². The maximum Gasteiger partial charge on any atom is 0.356 e. The molecule has 2 N–H and O–H groups in total. The van der Waals surface area contributed by atoms with E-state index in [1.54, 1.807) is 0 Å². The second-order valence-electron chi connectivity index (χ2n) is 3.79. The third kappa shape index (κ3) is 1.77. The molecule has 1 aliphatic carbocycles. The molecular formula is C10H12N2O3. The molecule has 1 aliphatic rings. The Morgan fingerprint density at radius 1 is 1.47 bits per heavy atom. The zero-order valence-corrected chi connectivity index (χ0v) is 8.19. The zero-order valence-electron chi connectivity index (χ0n) is 8.19. The highest BCUT2D eigenvalue weighted by Crippen LogP contribution is 2.32. The lowest BCUT2D eigenvalue weighted by Crippen LogP contribution is -2.01. The first-order valence-corrected chi connectivity index (χ1v) is 5.00. The second kappa shape index (κ2) is 3.84. The number of carboxylic acid groups (broad SMARTS) is 1. The standard InChI is InChI=1S/C10H12N2O3/c13-5-7-8(10(14)15)12-9(11-7)6-3-1-2-4-6/h5-6H,1-4H2,(H,11,12)(H,14,15). The molecule has 1 aromatic heterocycles. The van der Waals surface area contributed by atoms with Gasteiger partial charge in [-0.1, -0.05) is 12.8 Å². The lowest BCUT2D eigenvalue weighted by molar-refractivity contribution is 0.0688. The Bertz CT molecular complexity index is 391. The van der Waals surface area contributed by atoms with Gasteiger partial charge < -0.3 is 10.1 Å². The number of aromatic nitrogens is 2. The SMILES string of the molecule is O=Cc1[nH]c(C2CCCC2)nc1C(=O)O. The van der Waals surface area contributed by atoms with Crippen LogP contribution in [0.15, 0.2) is 0 Å². The average Bonchev–Trinajstić information content (AvgIpc) is 2.86. The van der Waals surface area contributed by atoms with Gasteiger partial charge in [-0.15, -0.1) is 0 Å². The molecule has 5 heteroatoms. The number of H-pyrrole nitrogens is 1. The molecule has 0 unspecified atom stereocenters. The van der Waals surface area contributed by atoms with Gasteiger partial charge in [0.15, 0.2) is 12.0 Å². The summed E-state index contributed by atoms with van der Waals surface area (Å²) in [5.74, 6) is -0.221. The normalized spacial score (nSPS) is 16.8. The Balaban J connectivity index is 2.33. The molecule has 80 valence electrons. The smallest absolute Gasteiger partial charge is 0.356 e. The number of carboxylic acids is 1. The summed E-state index contributed by atoms with van der Waals surface area (Å²) in [5.41, 5.74) is -0.0868. The van der Waals surface area contributed by atoms with Crippen molar-refractivity contribution >= 4 is 12.3 Å². The number of nitrogens with zero attached hydrogens (tertiary/aromatic N) is 1. The number of carbonyl (C=O) groups excluding carboxylic acids is 1. The van der Waals surface area contributed by atoms with E-state index in [-0.39, 0.29) is 17.3 Å². The molecule has 0 atom stereocenters. The molecule has 0 radical (unpaired) electrons. The van der Waals surface area contributed by atoms with Crippen molar-refractivity contribution < 1.29 is 14.7 Å². The summed E-state index contributed by atoms with van der Waals surface area (Å²) in [6.45, 7) is 0. The number of imidazole rings is 1. The number of nitrogens with one attached hydrogen (secondary N) is 1. The second-order valence-corrected chi connectivity index (χ2v) is 3.79. The van der Waals surface area contributed by atoms with Crippen LogP contribution in [0.2, 0.25) is 0 Å². The Hall–Kier alpha value is -1.65. The number of carbonyl (C=O) groups is 2. The summed E-state index contributed by atoms with van der Waals surface area (Å²) in [6, 6.07) is 0. The van der Waals surface area contributed by atoms with E-state index in [0.717, 1.165) is 25.7 Å². The molecule has 15 heavy (non-hydrogen) atoms. The topological polar surface area (TPSA) is 83.0 Å². The molecule has 0 spiro atoms. The zero-order chi connectivity index (χ0) is 10.8. The molecule has 0 bridgehead atoms. The van der Waals surface area contributed by atoms with Crippen LogP contribution in [-0.4, -0.2) is 27.3 Å². The number of hydrogen-bond acceptors (Lipinski definition) is 3. The highest BCUT2D eigenvalue weighted by atomic mass is 16.4. The Kier molecular flexibility index (Phi) is 2.53. The number of hydrogen-bond donors (Lipinski definition) is 2. The van der Waals surface area contributed by atoms with E-state index in [4.69, 9.17) is 5.11 Å². The molecule has 0 aromatic carbocycles. The van der Waals surface area contributed by atoms with Crippen molar-refractivity contribution in [2.24, 2.45) is 0 Å². The van der Waals surface area contributed by atoms with E-state index in [1.165, 1.54) is 0 Å². The number of rotatable bonds is 3. The van der Waals surface area contributed by atoms with Crippen molar-refractivity contribution in [2.75, 3.05) is 0 Å². The number of aromatic amines is 1. The quantitative estimate of drug-likeness (QED) is 0.738. The van der Waals surface area contributed by atoms with Gasteiger partial charge in [0.25, 0.3) is 0 Å². The summed E-state index contributed by atoms with van der Waals surface area (Å²) in [6.07, 6.45) is 4.83. The molecular weight excluding hydrogens is 196 g/mol. The fourth-order valence-electron chi connectivity index (χ4n) is 2.05. The van der Waals surface area contributed by atoms with E-state index >= 15 is 0 Å². The summed E-state index contributed by atoms with van der Waals surface area (Å²) >= 11 is 0. The summed E-state index contributed by atoms with van der Waals surface area (Å²) in [5, 5.41) is 8.81. The maximum absolute atomic E-state index is 10.8. The fraction of sp³-hybridized carbons (Fsp3) is 0.500. The molecule has 0 amide bonds. The van der Waals surface area contributed by atoms with Crippen LogP contribution in [0.1, 0.15) is 58.4 Å². The van der Waals surface area contributed by atoms with Gasteiger partial charge in [-0.25, -0.2) is 9.78 Å². The fourth-order valence-corrected chi connectivity index (χ4v) is 2.05. The van der Waals surface area contributed by atoms with Crippen LogP contribution in [0.4, 0.5) is 0 Å². The monoisotopic (exact) mass is 208 g/mol. The molecule has 5 nitrogen and oxygen atoms in total. The Morgan fingerprint density at radius 2 is 2.13 bits per heavy atom. The molecule has 1 saturated carbocycles. The van der Waals surface area contributed by atoms with E-state index in [2.05, 4.69) is 9.97 Å². The third-order valence-electron chi connectivity index (χ3n) is 2.81. The largest absolute Gasteiger partial charge is 0.476 e. The summed E-state index contributed by atoms with van der Waals surface area (Å²) < 4.78 is 0. The Morgan fingerprint density at radius 3 is 2.60 bits per heavy atom. The van der Waals surface area contributed by atoms with E-state index in [1.807, 2.05) is 0 Å². The summed E-state index contributed by atoms with van der Waals surface area (Å²) in [4.78, 5) is 28.2. The first-order valence-electron chi connectivity index (χ1n) is 5.00. The lowest BCUT2D eigenvalue weighted by Gasteiger charge is -2.02. The minimum atomic E-state index is -1.16. The number of aromatic carboxylic acids is 1. The van der Waals surface area contributed by atoms with Crippen LogP contribution in [0, 0.1) is 0 Å². The molecule has 2 rings (SSSR count). The van der Waals surface area contributed by atoms with Crippen LogP contribution >= 0.6 is 0 Å². The van der Waals surface area contributed by atoms with Crippen LogP contribution in [-0.2, 0) is 0 Å². The van der Waals surface area contributed by atoms with Gasteiger partial charge in [0.05, 0.1) is 0 Å². The van der Waals surface area contributed by atoms with Crippen LogP contribution in [0.25, 0.3) is 0 Å². The molecule has 1 heterocycles. The first-order chi connectivity index (χ1) is 7.22. The van der Waals surface area contributed by atoms with E-state index in [0.29, 0.717) is 12.1 Å². The molecule has 0 saturated heterocycles. The predicted octanol–water partition coefficient (Wildman–Crippen LogP) is 1.58. The van der Waals surface area contributed by atoms with Gasteiger partial charge in [0.2, 0.25) is 0 Å². The molecule has 1 aromatic rings. The van der Waals surface area contributed by atoms with Gasteiger partial charge >= 0.3 is 5.97 Å². The summed E-state index contributed by atoms with van der Waals surface area (Å²) in [7, 11) is 0. The predicted molar refractivity (Wildman–Crippen MR) is 52.1 cm³/mol. The lowest BCUT2D eigenvalue weighted by atomic mass is 10.1. The third-order valence-corrected chi connectivity index (χ3v) is 2.81. The van der Waals surface area contributed by atoms with Crippen LogP contribution < -0.4 is 0 Å². The van der Waals surface area contributed by atoms with Gasteiger partial charge in [-0.2, -0.15) is 0 Å². The minimum absolute atomic E-state index is 0.0735. The highest BCUT2D eigenvalue weighted by molar-refractivity contribution is 5.94. The van der Waals surface area contributed by atoms with Crippen molar-refractivity contribution in [2.45, 2.75) is 31.6 Å². The minimum Gasteiger partial charge on any atom is -0.476 e. The van der Waals surface area contributed by atoms with E-state index in [9.17, 15) is 9.59 Å². The van der Waals surface area contributed by atoms with Crippen molar-refractivity contribution in [3.05, 3.63) is 17.2 Å². The Labute approximate surface area is 86.5 Å². The van der Waals surface area contributed by atoms with Crippen molar-refractivity contribution in [1.29, 1.82) is 0 Å². The van der Waals surface area contributed by atoms with E-state index < -0.39 is 5.97 Å². The first kappa shape index (κ1) is 9.89. The van der Waals surface area contributed by atoms with Gasteiger partial charge in [0.1, 0.15) is 11.5 Å². The number of aldehydes is 1. The van der Waals surface area contributed by atoms with Gasteiger partial charge in [-0.05, 0) is 12.8 Å². The molecule has 0 aliphatic heterocycles. The van der Waals surface area contributed by atoms with Gasteiger partial charge in [0, 0.05) is 5.92 Å². The van der Waals surface area contributed by atoms with Crippen molar-refractivity contribution in [1.82, 2.24) is 9.97 Å².